The van der Waals surface area contributed by atoms with Gasteiger partial charge in [0, 0.05) is 19.3 Å². The number of halogens is 1. The first-order chi connectivity index (χ1) is 10.8. The van der Waals surface area contributed by atoms with Gasteiger partial charge < -0.3 is 15.4 Å². The molecule has 2 aromatic rings. The highest BCUT2D eigenvalue weighted by atomic mass is 127. The van der Waals surface area contributed by atoms with Crippen LogP contribution >= 0.6 is 22.6 Å². The first kappa shape index (κ1) is 16.3. The fourth-order valence-electron chi connectivity index (χ4n) is 2.78. The lowest BCUT2D eigenvalue weighted by Gasteiger charge is -2.24. The topological polar surface area (TPSA) is 86.3 Å². The SMILES string of the molecule is CC(C)(C)OC(=O)N1CCC(n2nc(I)c3c(N)nccc32)C1. The Morgan fingerprint density at radius 2 is 2.22 bits per heavy atom. The predicted octanol–water partition coefficient (Wildman–Crippen LogP) is 2.80. The molecule has 0 aromatic carbocycles. The Bertz CT molecular complexity index is 752. The van der Waals surface area contributed by atoms with Gasteiger partial charge in [0.2, 0.25) is 0 Å². The van der Waals surface area contributed by atoms with Crippen molar-refractivity contribution < 1.29 is 9.53 Å². The van der Waals surface area contributed by atoms with Crippen molar-refractivity contribution in [3.63, 3.8) is 0 Å². The van der Waals surface area contributed by atoms with E-state index in [1.165, 1.54) is 0 Å². The average Bonchev–Trinajstić information content (AvgIpc) is 3.02. The number of hydrogen-bond donors (Lipinski definition) is 1. The molecule has 1 aliphatic heterocycles. The smallest absolute Gasteiger partial charge is 0.410 e. The highest BCUT2D eigenvalue weighted by Gasteiger charge is 2.32. The molecule has 2 aromatic heterocycles. The van der Waals surface area contributed by atoms with Gasteiger partial charge >= 0.3 is 6.09 Å². The summed E-state index contributed by atoms with van der Waals surface area (Å²) in [6.07, 6.45) is 2.26. The van der Waals surface area contributed by atoms with Gasteiger partial charge in [-0.15, -0.1) is 0 Å². The molecule has 2 N–H and O–H groups in total. The third-order valence-corrected chi connectivity index (χ3v) is 4.52. The van der Waals surface area contributed by atoms with Crippen LogP contribution in [0.2, 0.25) is 0 Å². The number of ether oxygens (including phenoxy) is 1. The monoisotopic (exact) mass is 429 g/mol. The number of hydrogen-bond acceptors (Lipinski definition) is 5. The molecule has 0 bridgehead atoms. The van der Waals surface area contributed by atoms with Crippen LogP contribution in [0.4, 0.5) is 10.6 Å². The number of carbonyl (C=O) groups is 1. The third-order valence-electron chi connectivity index (χ3n) is 3.77. The van der Waals surface area contributed by atoms with Crippen molar-refractivity contribution >= 4 is 45.4 Å². The molecule has 7 nitrogen and oxygen atoms in total. The Balaban J connectivity index is 1.83. The van der Waals surface area contributed by atoms with E-state index in [0.29, 0.717) is 18.9 Å². The average molecular weight is 429 g/mol. The Morgan fingerprint density at radius 1 is 1.48 bits per heavy atom. The lowest BCUT2D eigenvalue weighted by atomic mass is 10.2. The molecule has 0 radical (unpaired) electrons. The fraction of sp³-hybridized carbons (Fsp3) is 0.533. The van der Waals surface area contributed by atoms with E-state index in [0.717, 1.165) is 21.0 Å². The van der Waals surface area contributed by atoms with Crippen molar-refractivity contribution in [2.45, 2.75) is 38.8 Å². The summed E-state index contributed by atoms with van der Waals surface area (Å²) in [6.45, 7) is 6.87. The van der Waals surface area contributed by atoms with E-state index in [1.807, 2.05) is 31.5 Å². The maximum atomic E-state index is 12.2. The van der Waals surface area contributed by atoms with Gasteiger partial charge in [0.25, 0.3) is 0 Å². The zero-order valence-corrected chi connectivity index (χ0v) is 15.6. The Hall–Kier alpha value is -1.58. The first-order valence-corrected chi connectivity index (χ1v) is 8.60. The van der Waals surface area contributed by atoms with E-state index in [1.54, 1.807) is 11.1 Å². The number of carbonyl (C=O) groups excluding carboxylic acids is 1. The summed E-state index contributed by atoms with van der Waals surface area (Å²) in [4.78, 5) is 18.1. The van der Waals surface area contributed by atoms with Crippen molar-refractivity contribution in [3.05, 3.63) is 16.0 Å². The van der Waals surface area contributed by atoms with E-state index >= 15 is 0 Å². The molecule has 8 heteroatoms. The first-order valence-electron chi connectivity index (χ1n) is 7.52. The maximum absolute atomic E-state index is 12.2. The number of pyridine rings is 1. The molecule has 0 spiro atoms. The van der Waals surface area contributed by atoms with Crippen LogP contribution in [-0.2, 0) is 4.74 Å². The third kappa shape index (κ3) is 3.22. The highest BCUT2D eigenvalue weighted by molar-refractivity contribution is 14.1. The van der Waals surface area contributed by atoms with Crippen LogP contribution in [0.25, 0.3) is 10.9 Å². The minimum atomic E-state index is -0.483. The number of anilines is 1. The Morgan fingerprint density at radius 3 is 2.91 bits per heavy atom. The second-order valence-corrected chi connectivity index (χ2v) is 7.72. The van der Waals surface area contributed by atoms with Gasteiger partial charge in [0.1, 0.15) is 15.1 Å². The second kappa shape index (κ2) is 5.81. The summed E-state index contributed by atoms with van der Waals surface area (Å²) in [5.74, 6) is 0.486. The van der Waals surface area contributed by atoms with Gasteiger partial charge in [0.05, 0.1) is 16.9 Å². The molecule has 23 heavy (non-hydrogen) atoms. The van der Waals surface area contributed by atoms with Crippen molar-refractivity contribution in [2.24, 2.45) is 0 Å². The standard InChI is InChI=1S/C15H20IN5O2/c1-15(2,3)23-14(22)20-7-5-9(8-20)21-10-4-6-18-13(17)11(10)12(16)19-21/h4,6,9H,5,7-8H2,1-3H3,(H2,17,18). The number of amides is 1. The molecule has 124 valence electrons. The molecule has 1 atom stereocenters. The van der Waals surface area contributed by atoms with Gasteiger partial charge in [-0.1, -0.05) is 0 Å². The van der Waals surface area contributed by atoms with Crippen LogP contribution in [-0.4, -0.2) is 44.4 Å². The van der Waals surface area contributed by atoms with Crippen molar-refractivity contribution in [3.8, 4) is 0 Å². The minimum Gasteiger partial charge on any atom is -0.444 e. The van der Waals surface area contributed by atoms with Crippen LogP contribution < -0.4 is 5.73 Å². The summed E-state index contributed by atoms with van der Waals surface area (Å²) >= 11 is 2.17. The number of nitrogens with zero attached hydrogens (tertiary/aromatic N) is 4. The summed E-state index contributed by atoms with van der Waals surface area (Å²) in [7, 11) is 0. The molecule has 1 unspecified atom stereocenters. The van der Waals surface area contributed by atoms with Crippen LogP contribution in [0.3, 0.4) is 0 Å². The Labute approximate surface area is 148 Å². The highest BCUT2D eigenvalue weighted by Crippen LogP contribution is 2.30. The van der Waals surface area contributed by atoms with Crippen molar-refractivity contribution in [2.75, 3.05) is 18.8 Å². The molecule has 3 heterocycles. The van der Waals surface area contributed by atoms with E-state index in [9.17, 15) is 4.79 Å². The van der Waals surface area contributed by atoms with Crippen LogP contribution in [0.1, 0.15) is 33.2 Å². The summed E-state index contributed by atoms with van der Waals surface area (Å²) in [5, 5.41) is 5.48. The molecule has 0 aliphatic carbocycles. The normalized spacial score (nSPS) is 18.6. The fourth-order valence-corrected chi connectivity index (χ4v) is 3.57. The number of nitrogen functional groups attached to an aromatic ring is 1. The lowest BCUT2D eigenvalue weighted by molar-refractivity contribution is 0.0288. The zero-order chi connectivity index (χ0) is 16.8. The van der Waals surface area contributed by atoms with Crippen LogP contribution in [0.5, 0.6) is 0 Å². The lowest BCUT2D eigenvalue weighted by Crippen LogP contribution is -2.35. The molecule has 1 amide bonds. The molecular formula is C15H20IN5O2. The van der Waals surface area contributed by atoms with Gasteiger partial charge in [-0.3, -0.25) is 4.68 Å². The second-order valence-electron chi connectivity index (χ2n) is 6.69. The zero-order valence-electron chi connectivity index (χ0n) is 13.4. The maximum Gasteiger partial charge on any atom is 0.410 e. The van der Waals surface area contributed by atoms with Crippen molar-refractivity contribution in [1.82, 2.24) is 19.7 Å². The van der Waals surface area contributed by atoms with Crippen LogP contribution in [0.15, 0.2) is 12.3 Å². The number of fused-ring (bicyclic) bond motifs is 1. The van der Waals surface area contributed by atoms with Gasteiger partial charge in [-0.2, -0.15) is 5.10 Å². The van der Waals surface area contributed by atoms with Gasteiger partial charge in [0.15, 0.2) is 0 Å². The molecular weight excluding hydrogens is 409 g/mol. The molecule has 1 aliphatic rings. The number of nitrogens with two attached hydrogens (primary N) is 1. The molecule has 1 saturated heterocycles. The van der Waals surface area contributed by atoms with Gasteiger partial charge in [-0.05, 0) is 55.8 Å². The molecule has 0 saturated carbocycles. The number of aromatic nitrogens is 3. The predicted molar refractivity (Wildman–Crippen MR) is 96.1 cm³/mol. The van der Waals surface area contributed by atoms with Crippen LogP contribution in [0, 0.1) is 3.70 Å². The minimum absolute atomic E-state index is 0.121. The van der Waals surface area contributed by atoms with E-state index < -0.39 is 5.60 Å². The molecule has 1 fully saturated rings. The quantitative estimate of drug-likeness (QED) is 0.705. The summed E-state index contributed by atoms with van der Waals surface area (Å²) in [6, 6.07) is 2.03. The van der Waals surface area contributed by atoms with E-state index in [-0.39, 0.29) is 12.1 Å². The molecule has 3 rings (SSSR count). The number of rotatable bonds is 1. The van der Waals surface area contributed by atoms with E-state index in [4.69, 9.17) is 10.5 Å². The largest absolute Gasteiger partial charge is 0.444 e. The van der Waals surface area contributed by atoms with Crippen molar-refractivity contribution in [1.29, 1.82) is 0 Å². The van der Waals surface area contributed by atoms with E-state index in [2.05, 4.69) is 32.7 Å². The Kier molecular flexibility index (Phi) is 4.11. The van der Waals surface area contributed by atoms with Gasteiger partial charge in [-0.25, -0.2) is 9.78 Å². The number of likely N-dealkylation sites (tertiary alicyclic amines) is 1. The summed E-state index contributed by atoms with van der Waals surface area (Å²) in [5.41, 5.74) is 6.43. The summed E-state index contributed by atoms with van der Waals surface area (Å²) < 4.78 is 8.23.